The van der Waals surface area contributed by atoms with Gasteiger partial charge in [0.05, 0.1) is 5.69 Å². The monoisotopic (exact) mass is 364 g/mol. The van der Waals surface area contributed by atoms with E-state index in [4.69, 9.17) is 9.97 Å². The summed E-state index contributed by atoms with van der Waals surface area (Å²) in [6, 6.07) is 3.96. The second kappa shape index (κ2) is 7.17. The van der Waals surface area contributed by atoms with Crippen LogP contribution in [0.4, 0.5) is 5.82 Å². The van der Waals surface area contributed by atoms with Crippen LogP contribution in [0.5, 0.6) is 0 Å². The van der Waals surface area contributed by atoms with Crippen molar-refractivity contribution in [3.8, 4) is 11.4 Å². The van der Waals surface area contributed by atoms with Gasteiger partial charge in [-0.1, -0.05) is 0 Å². The SMILES string of the molecule is c1cc(-c2nc3c(c(NCCC45CCCN4CCC5)n2)CCNC3)ccn1. The summed E-state index contributed by atoms with van der Waals surface area (Å²) in [5, 5.41) is 7.14. The molecule has 0 saturated carbocycles. The van der Waals surface area contributed by atoms with Gasteiger partial charge in [0.25, 0.3) is 0 Å². The summed E-state index contributed by atoms with van der Waals surface area (Å²) in [6.45, 7) is 5.39. The van der Waals surface area contributed by atoms with E-state index in [9.17, 15) is 0 Å². The Hall–Kier alpha value is -2.05. The van der Waals surface area contributed by atoms with Gasteiger partial charge in [0, 0.05) is 42.1 Å². The zero-order valence-corrected chi connectivity index (χ0v) is 15.9. The normalized spacial score (nSPS) is 21.0. The van der Waals surface area contributed by atoms with Gasteiger partial charge in [-0.05, 0) is 70.3 Å². The van der Waals surface area contributed by atoms with Crippen molar-refractivity contribution in [1.82, 2.24) is 25.2 Å². The van der Waals surface area contributed by atoms with Gasteiger partial charge in [-0.15, -0.1) is 0 Å². The van der Waals surface area contributed by atoms with Gasteiger partial charge >= 0.3 is 0 Å². The summed E-state index contributed by atoms with van der Waals surface area (Å²) >= 11 is 0. The molecule has 5 heterocycles. The molecule has 2 N–H and O–H groups in total. The van der Waals surface area contributed by atoms with E-state index in [1.54, 1.807) is 12.4 Å². The molecule has 0 spiro atoms. The minimum atomic E-state index is 0.454. The summed E-state index contributed by atoms with van der Waals surface area (Å²) in [5.74, 6) is 1.83. The number of nitrogens with zero attached hydrogens (tertiary/aromatic N) is 4. The quantitative estimate of drug-likeness (QED) is 0.850. The second-order valence-corrected chi connectivity index (χ2v) is 8.08. The number of hydrogen-bond donors (Lipinski definition) is 2. The minimum Gasteiger partial charge on any atom is -0.370 e. The summed E-state index contributed by atoms with van der Waals surface area (Å²) in [4.78, 5) is 16.6. The average Bonchev–Trinajstić information content (AvgIpc) is 3.28. The number of pyridine rings is 1. The Morgan fingerprint density at radius 3 is 2.74 bits per heavy atom. The van der Waals surface area contributed by atoms with Crippen LogP contribution in [0, 0.1) is 0 Å². The number of fused-ring (bicyclic) bond motifs is 2. The fourth-order valence-corrected chi connectivity index (χ4v) is 5.18. The van der Waals surface area contributed by atoms with Crippen LogP contribution >= 0.6 is 0 Å². The number of aromatic nitrogens is 3. The number of hydrogen-bond acceptors (Lipinski definition) is 6. The Kier molecular flexibility index (Phi) is 4.53. The van der Waals surface area contributed by atoms with E-state index in [0.717, 1.165) is 49.0 Å². The lowest BCUT2D eigenvalue weighted by Gasteiger charge is -2.32. The molecule has 3 aliphatic rings. The highest BCUT2D eigenvalue weighted by Crippen LogP contribution is 2.41. The van der Waals surface area contributed by atoms with Crippen LogP contribution in [0.2, 0.25) is 0 Å². The van der Waals surface area contributed by atoms with Crippen LogP contribution in [0.1, 0.15) is 43.4 Å². The van der Waals surface area contributed by atoms with Crippen molar-refractivity contribution in [2.75, 3.05) is 31.5 Å². The molecule has 0 bridgehead atoms. The van der Waals surface area contributed by atoms with E-state index in [2.05, 4.69) is 20.5 Å². The second-order valence-electron chi connectivity index (χ2n) is 8.08. The Bertz CT molecular complexity index is 796. The van der Waals surface area contributed by atoms with E-state index in [0.29, 0.717) is 5.54 Å². The highest BCUT2D eigenvalue weighted by atomic mass is 15.2. The number of rotatable bonds is 5. The van der Waals surface area contributed by atoms with Gasteiger partial charge < -0.3 is 10.6 Å². The molecular weight excluding hydrogens is 336 g/mol. The average molecular weight is 364 g/mol. The third-order valence-corrected chi connectivity index (χ3v) is 6.57. The van der Waals surface area contributed by atoms with Crippen LogP contribution in [0.3, 0.4) is 0 Å². The number of anilines is 1. The predicted octanol–water partition coefficient (Wildman–Crippen LogP) is 2.61. The van der Waals surface area contributed by atoms with Crippen LogP contribution in [-0.2, 0) is 13.0 Å². The molecule has 0 amide bonds. The first kappa shape index (κ1) is 17.1. The summed E-state index contributed by atoms with van der Waals surface area (Å²) in [7, 11) is 0. The molecule has 5 rings (SSSR count). The molecule has 2 saturated heterocycles. The van der Waals surface area contributed by atoms with E-state index in [1.807, 2.05) is 12.1 Å². The minimum absolute atomic E-state index is 0.454. The zero-order valence-electron chi connectivity index (χ0n) is 15.9. The van der Waals surface area contributed by atoms with Crippen molar-refractivity contribution < 1.29 is 0 Å². The third kappa shape index (κ3) is 3.21. The van der Waals surface area contributed by atoms with Crippen LogP contribution < -0.4 is 10.6 Å². The maximum atomic E-state index is 4.91. The molecule has 0 atom stereocenters. The van der Waals surface area contributed by atoms with Crippen LogP contribution in [0.15, 0.2) is 24.5 Å². The van der Waals surface area contributed by atoms with Gasteiger partial charge in [-0.3, -0.25) is 9.88 Å². The molecule has 0 aliphatic carbocycles. The lowest BCUT2D eigenvalue weighted by molar-refractivity contribution is 0.187. The molecule has 0 radical (unpaired) electrons. The first-order chi connectivity index (χ1) is 13.3. The molecule has 6 heteroatoms. The largest absolute Gasteiger partial charge is 0.370 e. The molecule has 2 aromatic rings. The first-order valence-electron chi connectivity index (χ1n) is 10.3. The van der Waals surface area contributed by atoms with Crippen molar-refractivity contribution in [3.63, 3.8) is 0 Å². The van der Waals surface area contributed by atoms with E-state index in [-0.39, 0.29) is 0 Å². The topological polar surface area (TPSA) is 66.0 Å². The van der Waals surface area contributed by atoms with Gasteiger partial charge in [0.2, 0.25) is 0 Å². The maximum absolute atomic E-state index is 4.91. The predicted molar refractivity (Wildman–Crippen MR) is 107 cm³/mol. The highest BCUT2D eigenvalue weighted by molar-refractivity contribution is 5.59. The molecule has 2 fully saturated rings. The van der Waals surface area contributed by atoms with Gasteiger partial charge in [-0.25, -0.2) is 9.97 Å². The summed E-state index contributed by atoms with van der Waals surface area (Å²) < 4.78 is 0. The fraction of sp³-hybridized carbons (Fsp3) is 0.571. The zero-order chi connectivity index (χ0) is 18.1. The van der Waals surface area contributed by atoms with E-state index < -0.39 is 0 Å². The Morgan fingerprint density at radius 2 is 1.93 bits per heavy atom. The van der Waals surface area contributed by atoms with Crippen molar-refractivity contribution in [2.24, 2.45) is 0 Å². The Morgan fingerprint density at radius 1 is 1.11 bits per heavy atom. The molecule has 6 nitrogen and oxygen atoms in total. The maximum Gasteiger partial charge on any atom is 0.161 e. The van der Waals surface area contributed by atoms with Gasteiger partial charge in [-0.2, -0.15) is 0 Å². The first-order valence-corrected chi connectivity index (χ1v) is 10.3. The van der Waals surface area contributed by atoms with E-state index >= 15 is 0 Å². The molecule has 0 unspecified atom stereocenters. The van der Waals surface area contributed by atoms with E-state index in [1.165, 1.54) is 50.8 Å². The molecule has 3 aliphatic heterocycles. The van der Waals surface area contributed by atoms with Gasteiger partial charge in [0.1, 0.15) is 5.82 Å². The molecule has 142 valence electrons. The van der Waals surface area contributed by atoms with Crippen molar-refractivity contribution in [1.29, 1.82) is 0 Å². The lowest BCUT2D eigenvalue weighted by atomic mass is 9.90. The molecule has 0 aromatic carbocycles. The fourth-order valence-electron chi connectivity index (χ4n) is 5.18. The van der Waals surface area contributed by atoms with Crippen LogP contribution in [-0.4, -0.2) is 51.6 Å². The smallest absolute Gasteiger partial charge is 0.161 e. The molecule has 2 aromatic heterocycles. The van der Waals surface area contributed by atoms with Gasteiger partial charge in [0.15, 0.2) is 5.82 Å². The Balaban J connectivity index is 1.38. The van der Waals surface area contributed by atoms with Crippen LogP contribution in [0.25, 0.3) is 11.4 Å². The highest BCUT2D eigenvalue weighted by Gasteiger charge is 2.43. The summed E-state index contributed by atoms with van der Waals surface area (Å²) in [5.41, 5.74) is 3.90. The molecule has 27 heavy (non-hydrogen) atoms. The standard InChI is InChI=1S/C21H28N6/c1-6-21(7-2-14-27(21)13-1)8-12-24-20-17-5-11-23-15-18(17)25-19(26-20)16-3-9-22-10-4-16/h3-4,9-10,23H,1-2,5-8,11-15H2,(H,24,25,26). The third-order valence-electron chi connectivity index (χ3n) is 6.57. The Labute approximate surface area is 160 Å². The number of nitrogens with one attached hydrogen (secondary N) is 2. The molecular formula is C21H28N6. The van der Waals surface area contributed by atoms with Crippen molar-refractivity contribution in [3.05, 3.63) is 35.8 Å². The lowest BCUT2D eigenvalue weighted by Crippen LogP contribution is -2.39. The van der Waals surface area contributed by atoms with Crippen molar-refractivity contribution in [2.45, 2.75) is 50.6 Å². The summed E-state index contributed by atoms with van der Waals surface area (Å²) in [6.07, 6.45) is 11.3. The van der Waals surface area contributed by atoms with Crippen molar-refractivity contribution >= 4 is 5.82 Å².